The first-order valence-electron chi connectivity index (χ1n) is 34.0. The van der Waals surface area contributed by atoms with Gasteiger partial charge in [-0.05, 0) is 194 Å². The fourth-order valence-corrected chi connectivity index (χ4v) is 23.2. The van der Waals surface area contributed by atoms with E-state index < -0.39 is 15.5 Å². The van der Waals surface area contributed by atoms with Crippen LogP contribution in [0.5, 0.6) is 0 Å². The molecule has 18 nitrogen and oxygen atoms in total. The number of hydrogen-bond acceptors (Lipinski definition) is 11. The number of halogens is 6. The highest BCUT2D eigenvalue weighted by Crippen LogP contribution is 2.57. The zero-order chi connectivity index (χ0) is 66.2. The van der Waals surface area contributed by atoms with E-state index in [2.05, 4.69) is 246 Å². The molecule has 10 rings (SSSR count). The zero-order valence-electron chi connectivity index (χ0n) is 54.6. The van der Waals surface area contributed by atoms with Gasteiger partial charge in [0.25, 0.3) is 10.1 Å². The molecule has 3 unspecified atom stereocenters. The van der Waals surface area contributed by atoms with Crippen LogP contribution >= 0.6 is 148 Å². The van der Waals surface area contributed by atoms with Gasteiger partial charge >= 0.3 is 0 Å². The molecule has 4 spiro atoms. The summed E-state index contributed by atoms with van der Waals surface area (Å²) < 4.78 is 52.6. The Kier molecular flexibility index (Phi) is 27.3. The van der Waals surface area contributed by atoms with Crippen molar-refractivity contribution in [1.29, 1.82) is 0 Å². The van der Waals surface area contributed by atoms with Crippen molar-refractivity contribution < 1.29 is 59.7 Å². The van der Waals surface area contributed by atoms with E-state index in [0.29, 0.717) is 37.6 Å². The van der Waals surface area contributed by atoms with Gasteiger partial charge < -0.3 is 43.3 Å². The highest BCUT2D eigenvalue weighted by Gasteiger charge is 2.55. The summed E-state index contributed by atoms with van der Waals surface area (Å²) in [5, 5.41) is 20.7. The van der Waals surface area contributed by atoms with Gasteiger partial charge in [-0.25, -0.2) is 5.26 Å². The van der Waals surface area contributed by atoms with E-state index in [9.17, 15) is 23.0 Å². The minimum absolute atomic E-state index is 0.232. The number of carbonyl (C=O) groups is 2. The molecule has 0 aromatic heterocycles. The molecule has 0 radical (unpaired) electrons. The molecule has 2 aromatic rings. The predicted octanol–water partition coefficient (Wildman–Crippen LogP) is 11.0. The quantitative estimate of drug-likeness (QED) is 0.00712. The molecule has 8 aliphatic heterocycles. The summed E-state index contributed by atoms with van der Waals surface area (Å²) in [6.07, 6.45) is 23.6. The van der Waals surface area contributed by atoms with E-state index in [1.54, 1.807) is 0 Å². The Morgan fingerprint density at radius 1 is 0.667 bits per heavy atom. The molecule has 93 heavy (non-hydrogen) atoms. The third kappa shape index (κ3) is 17.4. The molecule has 0 aliphatic carbocycles. The maximum absolute atomic E-state index is 15.7. The van der Waals surface area contributed by atoms with Crippen LogP contribution in [-0.2, 0) is 39.9 Å². The average Bonchev–Trinajstić information content (AvgIpc) is 1.57. The SMILES string of the molecule is CCCCC(C(=O)N1CC[N+]2(CC1)CC[N+]1(CCNCC1)CC2)C1(C)/C(=C/C=C/C=C/C=C/C2=[N+](CCCCCS(=O)(=O)O)c3cc(I)c(I)c(I)c3C2(C)CCCCCC(=O)N2CC[N+]3(CC2)CC[N+]2(CCNCC2)CC3)N(CSOOO)c2cc(I)c(I)c(I)c21. The Morgan fingerprint density at radius 3 is 1.76 bits per heavy atom. The first kappa shape index (κ1) is 75.7. The molecular weight excluding hydrogens is 1900 g/mol. The van der Waals surface area contributed by atoms with Gasteiger partial charge in [-0.15, -0.1) is 4.33 Å². The Morgan fingerprint density at radius 2 is 1.19 bits per heavy atom. The van der Waals surface area contributed by atoms with Crippen molar-refractivity contribution in [2.75, 3.05) is 180 Å². The van der Waals surface area contributed by atoms with Gasteiger partial charge in [-0.1, -0.05) is 68.0 Å². The van der Waals surface area contributed by atoms with Gasteiger partial charge in [0.1, 0.15) is 58.9 Å². The number of carbonyl (C=O) groups excluding carboxylic acids is 2. The van der Waals surface area contributed by atoms with E-state index in [1.165, 1.54) is 123 Å². The monoisotopic (exact) mass is 2000 g/mol. The number of amides is 2. The van der Waals surface area contributed by atoms with Crippen LogP contribution in [0.2, 0.25) is 0 Å². The molecule has 26 heteroatoms. The molecule has 8 aliphatic rings. The van der Waals surface area contributed by atoms with Gasteiger partial charge in [0.15, 0.2) is 5.71 Å². The van der Waals surface area contributed by atoms with Crippen molar-refractivity contribution in [2.45, 2.75) is 102 Å². The lowest BCUT2D eigenvalue weighted by Gasteiger charge is -2.53. The molecular formula is C67H99I6N10O8S2+5. The minimum atomic E-state index is -4.05. The van der Waals surface area contributed by atoms with Crippen molar-refractivity contribution >= 4 is 187 Å². The predicted molar refractivity (Wildman–Crippen MR) is 423 cm³/mol. The van der Waals surface area contributed by atoms with E-state index in [-0.39, 0.29) is 23.0 Å². The summed E-state index contributed by atoms with van der Waals surface area (Å²) in [4.78, 5) is 36.1. The number of nitrogens with zero attached hydrogens (tertiary/aromatic N) is 8. The van der Waals surface area contributed by atoms with Crippen LogP contribution in [-0.4, -0.2) is 243 Å². The topological polar surface area (TPSA) is 164 Å². The number of nitrogens with one attached hydrogen (secondary N) is 2. The Hall–Kier alpha value is 0.0900. The van der Waals surface area contributed by atoms with Crippen molar-refractivity contribution in [2.24, 2.45) is 5.92 Å². The normalized spacial score (nSPS) is 25.1. The summed E-state index contributed by atoms with van der Waals surface area (Å²) in [6.45, 7) is 34.3. The fraction of sp³-hybridized carbons (Fsp3) is 0.657. The summed E-state index contributed by atoms with van der Waals surface area (Å²) in [5.41, 5.74) is 5.79. The molecule has 8 heterocycles. The molecule has 3 atom stereocenters. The van der Waals surface area contributed by atoms with E-state index in [1.807, 2.05) is 0 Å². The molecule has 4 N–H and O–H groups in total. The van der Waals surface area contributed by atoms with Crippen LogP contribution in [0.25, 0.3) is 0 Å². The second-order valence-corrected chi connectivity index (χ2v) is 36.9. The largest absolute Gasteiger partial charge is 0.332 e. The third-order valence-corrected chi connectivity index (χ3v) is 34.4. The molecule has 2 aromatic carbocycles. The van der Waals surface area contributed by atoms with Gasteiger partial charge in [-0.3, -0.25) is 14.1 Å². The Bertz CT molecular complexity index is 3270. The first-order chi connectivity index (χ1) is 44.6. The lowest BCUT2D eigenvalue weighted by molar-refractivity contribution is -1.03. The standard InChI is InChI=1S/C67H97I6N10O8S2/c1-4-5-17-51(65(85)77-29-37-83(38-30-77)45-41-81(42-46-83)33-24-75-25-34-81)67(3)57(79(50-92-91-90-86)55-49-53(69)62(71)64(73)60(55)67)19-12-8-6-7-11-18-56-66(2,59-54(48-52(68)61(70)63(59)72)78(56)26-15-10-16-47-93(87,88)89)21-14-9-13-20-58(84)76-27-35-82(36-28-76)43-39-80(40-44-82)31-22-74-23-32-80/h6-8,11-12,18-19,48-49,51,74-75H,4-5,9-10,13-17,20-47,50H2,1-3H3/q+3/p+2. The Balaban J connectivity index is 0.879. The highest BCUT2D eigenvalue weighted by atomic mass is 127. The van der Waals surface area contributed by atoms with Crippen LogP contribution in [0, 0.1) is 27.3 Å². The Labute approximate surface area is 640 Å². The maximum atomic E-state index is 15.7. The smallest absolute Gasteiger partial charge is 0.264 e. The second-order valence-electron chi connectivity index (χ2n) is 28.1. The van der Waals surface area contributed by atoms with Crippen LogP contribution < -0.4 is 15.5 Å². The number of hydrogen-bond donors (Lipinski definition) is 4. The number of piperazine rings is 6. The van der Waals surface area contributed by atoms with Crippen LogP contribution in [0.3, 0.4) is 0 Å². The minimum Gasteiger partial charge on any atom is -0.332 e. The lowest BCUT2D eigenvalue weighted by atomic mass is 9.68. The zero-order valence-corrected chi connectivity index (χ0v) is 69.2. The van der Waals surface area contributed by atoms with Crippen molar-refractivity contribution in [1.82, 2.24) is 20.4 Å². The van der Waals surface area contributed by atoms with E-state index in [0.717, 1.165) is 171 Å². The summed E-state index contributed by atoms with van der Waals surface area (Å²) in [5.74, 6) is 0.260. The average molecular weight is 2000 g/mol. The molecule has 6 saturated heterocycles. The van der Waals surface area contributed by atoms with Crippen molar-refractivity contribution in [3.63, 3.8) is 0 Å². The number of allylic oxidation sites excluding steroid dienone is 8. The van der Waals surface area contributed by atoms with Crippen LogP contribution in [0.4, 0.5) is 11.4 Å². The second kappa shape index (κ2) is 33.5. The molecule has 0 saturated carbocycles. The van der Waals surface area contributed by atoms with Gasteiger partial charge in [0.05, 0.1) is 119 Å². The number of fused-ring (bicyclic) bond motifs is 2. The number of benzene rings is 2. The lowest BCUT2D eigenvalue weighted by Crippen LogP contribution is -2.73. The molecule has 0 bridgehead atoms. The summed E-state index contributed by atoms with van der Waals surface area (Å²) in [7, 11) is -4.05. The maximum Gasteiger partial charge on any atom is 0.264 e. The first-order valence-corrected chi connectivity index (χ1v) is 43.0. The fourth-order valence-electron chi connectivity index (χ4n) is 16.8. The number of rotatable bonds is 25. The van der Waals surface area contributed by atoms with E-state index in [4.69, 9.17) is 4.33 Å². The number of unbranched alkanes of at least 4 members (excludes halogenated alkanes) is 5. The van der Waals surface area contributed by atoms with E-state index >= 15 is 4.79 Å². The molecule has 2 amide bonds. The number of anilines is 1. The van der Waals surface area contributed by atoms with Gasteiger partial charge in [0, 0.05) is 94.9 Å². The molecule has 6 fully saturated rings. The van der Waals surface area contributed by atoms with Gasteiger partial charge in [-0.2, -0.15) is 13.0 Å². The van der Waals surface area contributed by atoms with Crippen molar-refractivity contribution in [3.8, 4) is 0 Å². The van der Waals surface area contributed by atoms with Gasteiger partial charge in [0.2, 0.25) is 17.5 Å². The third-order valence-electron chi connectivity index (χ3n) is 22.8. The summed E-state index contributed by atoms with van der Waals surface area (Å²) in [6, 6.07) is 4.54. The summed E-state index contributed by atoms with van der Waals surface area (Å²) >= 11 is 15.9. The van der Waals surface area contributed by atoms with Crippen LogP contribution in [0.15, 0.2) is 60.4 Å². The van der Waals surface area contributed by atoms with Crippen molar-refractivity contribution in [3.05, 3.63) is 92.9 Å². The number of quaternary nitrogens is 4. The van der Waals surface area contributed by atoms with Crippen LogP contribution in [0.1, 0.15) is 103 Å². The highest BCUT2D eigenvalue weighted by molar-refractivity contribution is 14.1. The molecule has 514 valence electrons.